The molecule has 118 valence electrons. The summed E-state index contributed by atoms with van der Waals surface area (Å²) in [6.07, 6.45) is 3.52. The van der Waals surface area contributed by atoms with Gasteiger partial charge in [-0.3, -0.25) is 0 Å². The molecule has 0 heterocycles. The van der Waals surface area contributed by atoms with Crippen LogP contribution in [0.5, 0.6) is 0 Å². The Kier molecular flexibility index (Phi) is 5.82. The smallest absolute Gasteiger partial charge is 0.241 e. The fraction of sp³-hybridized carbons (Fsp3) is 0.600. The van der Waals surface area contributed by atoms with Gasteiger partial charge in [-0.25, -0.2) is 13.1 Å². The molecule has 0 saturated heterocycles. The standard InChI is InChI=1S/C15H23BrN2O2S/c1-11-4-3-5-13(11)10-18-21(19,20)15-7-6-12(9-17-2)8-14(15)16/h6-8,11,13,17-18H,3-5,9-10H2,1-2H3. The number of rotatable bonds is 6. The van der Waals surface area contributed by atoms with Crippen LogP contribution in [0, 0.1) is 11.8 Å². The van der Waals surface area contributed by atoms with Crippen molar-refractivity contribution >= 4 is 26.0 Å². The van der Waals surface area contributed by atoms with Crippen LogP contribution in [0.3, 0.4) is 0 Å². The maximum absolute atomic E-state index is 12.4. The lowest BCUT2D eigenvalue weighted by Crippen LogP contribution is -2.30. The quantitative estimate of drug-likeness (QED) is 0.804. The van der Waals surface area contributed by atoms with Crippen LogP contribution in [0.4, 0.5) is 0 Å². The molecule has 0 aliphatic heterocycles. The Hall–Kier alpha value is -0.430. The van der Waals surface area contributed by atoms with E-state index in [-0.39, 0.29) is 0 Å². The largest absolute Gasteiger partial charge is 0.316 e. The van der Waals surface area contributed by atoms with Crippen LogP contribution in [0.15, 0.2) is 27.6 Å². The molecule has 1 fully saturated rings. The van der Waals surface area contributed by atoms with E-state index in [2.05, 4.69) is 32.9 Å². The van der Waals surface area contributed by atoms with Crippen LogP contribution in [-0.4, -0.2) is 22.0 Å². The van der Waals surface area contributed by atoms with Crippen LogP contribution >= 0.6 is 15.9 Å². The third-order valence-corrected chi connectivity index (χ3v) is 6.64. The first kappa shape index (κ1) is 16.9. The Morgan fingerprint density at radius 3 is 2.67 bits per heavy atom. The van der Waals surface area contributed by atoms with Crippen LogP contribution in [0.1, 0.15) is 31.7 Å². The minimum Gasteiger partial charge on any atom is -0.316 e. The van der Waals surface area contributed by atoms with E-state index in [1.54, 1.807) is 6.07 Å². The maximum atomic E-state index is 12.4. The van der Waals surface area contributed by atoms with Gasteiger partial charge in [-0.15, -0.1) is 0 Å². The molecular formula is C15H23BrN2O2S. The zero-order chi connectivity index (χ0) is 15.5. The van der Waals surface area contributed by atoms with Crippen molar-refractivity contribution in [1.29, 1.82) is 0 Å². The Morgan fingerprint density at radius 2 is 2.10 bits per heavy atom. The highest BCUT2D eigenvalue weighted by molar-refractivity contribution is 9.10. The highest BCUT2D eigenvalue weighted by atomic mass is 79.9. The zero-order valence-corrected chi connectivity index (χ0v) is 14.9. The Bertz CT molecular complexity index is 589. The fourth-order valence-corrected chi connectivity index (χ4v) is 5.11. The molecule has 2 unspecified atom stereocenters. The Labute approximate surface area is 135 Å². The van der Waals surface area contributed by atoms with Crippen LogP contribution in [-0.2, 0) is 16.6 Å². The van der Waals surface area contributed by atoms with Crippen molar-refractivity contribution in [3.8, 4) is 0 Å². The highest BCUT2D eigenvalue weighted by Gasteiger charge is 2.26. The second kappa shape index (κ2) is 7.22. The van der Waals surface area contributed by atoms with Crippen molar-refractivity contribution in [3.05, 3.63) is 28.2 Å². The summed E-state index contributed by atoms with van der Waals surface area (Å²) in [5.41, 5.74) is 1.05. The molecule has 1 aliphatic carbocycles. The number of hydrogen-bond acceptors (Lipinski definition) is 3. The molecule has 21 heavy (non-hydrogen) atoms. The first-order valence-corrected chi connectivity index (χ1v) is 9.64. The zero-order valence-electron chi connectivity index (χ0n) is 12.5. The van der Waals surface area contributed by atoms with Gasteiger partial charge in [0.25, 0.3) is 0 Å². The van der Waals surface area contributed by atoms with E-state index in [0.717, 1.165) is 12.0 Å². The summed E-state index contributed by atoms with van der Waals surface area (Å²) >= 11 is 3.37. The van der Waals surface area contributed by atoms with Crippen molar-refractivity contribution in [2.75, 3.05) is 13.6 Å². The number of sulfonamides is 1. The summed E-state index contributed by atoms with van der Waals surface area (Å²) in [6.45, 7) is 3.45. The van der Waals surface area contributed by atoms with Crippen molar-refractivity contribution in [1.82, 2.24) is 10.0 Å². The lowest BCUT2D eigenvalue weighted by Gasteiger charge is -2.16. The SMILES string of the molecule is CNCc1ccc(S(=O)(=O)NCC2CCCC2C)c(Br)c1. The topological polar surface area (TPSA) is 58.2 Å². The molecule has 0 amide bonds. The predicted octanol–water partition coefficient (Wildman–Crippen LogP) is 2.88. The molecular weight excluding hydrogens is 352 g/mol. The summed E-state index contributed by atoms with van der Waals surface area (Å²) in [7, 11) is -1.59. The first-order valence-electron chi connectivity index (χ1n) is 7.36. The van der Waals surface area contributed by atoms with Crippen LogP contribution in [0.25, 0.3) is 0 Å². The molecule has 2 N–H and O–H groups in total. The van der Waals surface area contributed by atoms with E-state index < -0.39 is 10.0 Å². The van der Waals surface area contributed by atoms with E-state index in [4.69, 9.17) is 0 Å². The summed E-state index contributed by atoms with van der Waals surface area (Å²) in [4.78, 5) is 0.313. The summed E-state index contributed by atoms with van der Waals surface area (Å²) in [6, 6.07) is 5.36. The minimum absolute atomic E-state index is 0.313. The molecule has 6 heteroatoms. The van der Waals surface area contributed by atoms with Gasteiger partial charge in [-0.2, -0.15) is 0 Å². The van der Waals surface area contributed by atoms with Crippen LogP contribution < -0.4 is 10.0 Å². The lowest BCUT2D eigenvalue weighted by molar-refractivity contribution is 0.414. The Morgan fingerprint density at radius 1 is 1.33 bits per heavy atom. The van der Waals surface area contributed by atoms with E-state index in [1.807, 2.05) is 19.2 Å². The lowest BCUT2D eigenvalue weighted by atomic mass is 9.99. The number of nitrogens with one attached hydrogen (secondary N) is 2. The van der Waals surface area contributed by atoms with Gasteiger partial charge in [0.15, 0.2) is 0 Å². The molecule has 1 saturated carbocycles. The van der Waals surface area contributed by atoms with Gasteiger partial charge in [0.2, 0.25) is 10.0 Å². The van der Waals surface area contributed by atoms with Crippen molar-refractivity contribution in [2.24, 2.45) is 11.8 Å². The fourth-order valence-electron chi connectivity index (χ4n) is 2.90. The molecule has 0 bridgehead atoms. The number of hydrogen-bond donors (Lipinski definition) is 2. The third-order valence-electron chi connectivity index (χ3n) is 4.24. The molecule has 1 aromatic rings. The minimum atomic E-state index is -3.45. The van der Waals surface area contributed by atoms with Crippen molar-refractivity contribution < 1.29 is 8.42 Å². The first-order chi connectivity index (χ1) is 9.94. The molecule has 2 rings (SSSR count). The predicted molar refractivity (Wildman–Crippen MR) is 88.6 cm³/mol. The molecule has 1 aromatic carbocycles. The van der Waals surface area contributed by atoms with E-state index in [1.165, 1.54) is 12.8 Å². The maximum Gasteiger partial charge on any atom is 0.241 e. The van der Waals surface area contributed by atoms with E-state index in [9.17, 15) is 8.42 Å². The van der Waals surface area contributed by atoms with Gasteiger partial charge in [0, 0.05) is 17.6 Å². The highest BCUT2D eigenvalue weighted by Crippen LogP contribution is 2.31. The second-order valence-electron chi connectivity index (χ2n) is 5.82. The van der Waals surface area contributed by atoms with Gasteiger partial charge in [0.05, 0.1) is 4.90 Å². The van der Waals surface area contributed by atoms with Gasteiger partial charge in [-0.05, 0) is 58.9 Å². The van der Waals surface area contributed by atoms with Crippen molar-refractivity contribution in [2.45, 2.75) is 37.6 Å². The summed E-state index contributed by atoms with van der Waals surface area (Å²) < 4.78 is 28.2. The molecule has 0 radical (unpaired) electrons. The van der Waals surface area contributed by atoms with E-state index in [0.29, 0.717) is 34.3 Å². The number of benzene rings is 1. The van der Waals surface area contributed by atoms with Gasteiger partial charge in [-0.1, -0.05) is 25.8 Å². The second-order valence-corrected chi connectivity index (χ2v) is 8.40. The van der Waals surface area contributed by atoms with Crippen LogP contribution in [0.2, 0.25) is 0 Å². The average molecular weight is 375 g/mol. The summed E-state index contributed by atoms with van der Waals surface area (Å²) in [5, 5.41) is 3.05. The monoisotopic (exact) mass is 374 g/mol. The van der Waals surface area contributed by atoms with Gasteiger partial charge in [0.1, 0.15) is 0 Å². The van der Waals surface area contributed by atoms with Crippen molar-refractivity contribution in [3.63, 3.8) is 0 Å². The third kappa shape index (κ3) is 4.28. The Balaban J connectivity index is 2.08. The van der Waals surface area contributed by atoms with Gasteiger partial charge >= 0.3 is 0 Å². The molecule has 0 aromatic heterocycles. The molecule has 4 nitrogen and oxygen atoms in total. The van der Waals surface area contributed by atoms with E-state index >= 15 is 0 Å². The molecule has 2 atom stereocenters. The number of halogens is 1. The summed E-state index contributed by atoms with van der Waals surface area (Å²) in [5.74, 6) is 1.07. The van der Waals surface area contributed by atoms with Gasteiger partial charge < -0.3 is 5.32 Å². The average Bonchev–Trinajstić information content (AvgIpc) is 2.82. The molecule has 0 spiro atoms. The normalized spacial score (nSPS) is 22.6. The molecule has 1 aliphatic rings.